The zero-order chi connectivity index (χ0) is 14.3. The molecule has 1 aromatic carbocycles. The predicted octanol–water partition coefficient (Wildman–Crippen LogP) is 4.43. The summed E-state index contributed by atoms with van der Waals surface area (Å²) in [5, 5.41) is 0. The van der Waals surface area contributed by atoms with E-state index in [9.17, 15) is 0 Å². The van der Waals surface area contributed by atoms with Crippen LogP contribution in [-0.4, -0.2) is 21.5 Å². The van der Waals surface area contributed by atoms with Crippen LogP contribution < -0.4 is 4.74 Å². The van der Waals surface area contributed by atoms with E-state index < -0.39 is 8.32 Å². The van der Waals surface area contributed by atoms with Crippen molar-refractivity contribution in [1.29, 1.82) is 0 Å². The van der Waals surface area contributed by atoms with Crippen LogP contribution in [0.3, 0.4) is 0 Å². The predicted molar refractivity (Wildman–Crippen MR) is 84.9 cm³/mol. The van der Waals surface area contributed by atoms with Crippen molar-refractivity contribution in [3.63, 3.8) is 0 Å². The van der Waals surface area contributed by atoms with Crippen LogP contribution in [0, 0.1) is 0 Å². The lowest BCUT2D eigenvalue weighted by Crippen LogP contribution is -2.31. The first-order valence-corrected chi connectivity index (χ1v) is 9.59. The molecule has 2 nitrogen and oxygen atoms in total. The summed E-state index contributed by atoms with van der Waals surface area (Å²) in [6, 6.07) is 8.00. The second-order valence-corrected chi connectivity index (χ2v) is 9.04. The highest BCUT2D eigenvalue weighted by Gasteiger charge is 2.19. The number of rotatable bonds is 6. The number of methoxy groups -OCH3 is 1. The van der Waals surface area contributed by atoms with Crippen molar-refractivity contribution in [2.45, 2.75) is 33.0 Å². The molecule has 0 amide bonds. The van der Waals surface area contributed by atoms with Crippen LogP contribution in [0.1, 0.15) is 19.4 Å². The van der Waals surface area contributed by atoms with Crippen LogP contribution in [0.15, 0.2) is 42.1 Å². The molecule has 0 aromatic heterocycles. The van der Waals surface area contributed by atoms with Gasteiger partial charge in [0.2, 0.25) is 8.32 Å². The topological polar surface area (TPSA) is 18.5 Å². The van der Waals surface area contributed by atoms with E-state index in [-0.39, 0.29) is 6.10 Å². The third kappa shape index (κ3) is 6.41. The molecule has 0 aliphatic carbocycles. The first-order valence-electron chi connectivity index (χ1n) is 6.61. The van der Waals surface area contributed by atoms with E-state index in [4.69, 9.17) is 9.16 Å². The van der Waals surface area contributed by atoms with Crippen LogP contribution in [0.4, 0.5) is 0 Å². The summed E-state index contributed by atoms with van der Waals surface area (Å²) in [6.07, 6.45) is 6.51. The quantitative estimate of drug-likeness (QED) is 0.565. The maximum atomic E-state index is 5.92. The largest absolute Gasteiger partial charge is 0.497 e. The molecule has 0 aliphatic heterocycles. The molecule has 19 heavy (non-hydrogen) atoms. The fourth-order valence-corrected chi connectivity index (χ4v) is 3.68. The van der Waals surface area contributed by atoms with Gasteiger partial charge in [-0.25, -0.2) is 0 Å². The molecule has 0 saturated heterocycles. The van der Waals surface area contributed by atoms with Crippen molar-refractivity contribution in [1.82, 2.24) is 0 Å². The van der Waals surface area contributed by atoms with E-state index in [1.807, 2.05) is 24.3 Å². The average Bonchev–Trinajstić information content (AvgIpc) is 2.34. The molecule has 0 atom stereocenters. The smallest absolute Gasteiger partial charge is 0.211 e. The Morgan fingerprint density at radius 1 is 1.05 bits per heavy atom. The minimum Gasteiger partial charge on any atom is -0.497 e. The molecule has 1 aromatic rings. The van der Waals surface area contributed by atoms with Crippen LogP contribution in [0.5, 0.6) is 5.75 Å². The van der Waals surface area contributed by atoms with E-state index in [1.165, 1.54) is 0 Å². The molecule has 0 N–H and O–H groups in total. The Morgan fingerprint density at radius 2 is 1.68 bits per heavy atom. The molecule has 0 saturated carbocycles. The lowest BCUT2D eigenvalue weighted by atomic mass is 10.2. The van der Waals surface area contributed by atoms with E-state index in [0.29, 0.717) is 0 Å². The van der Waals surface area contributed by atoms with Crippen molar-refractivity contribution in [2.75, 3.05) is 7.11 Å². The average molecular weight is 276 g/mol. The zero-order valence-corrected chi connectivity index (χ0v) is 13.5. The standard InChI is InChI=1S/C16H24O2Si/c1-14(2)18-19(4,5)13-7-6-8-15-9-11-16(17-3)12-10-15/h6-14H,1-5H3/b8-6+,13-7+. The van der Waals surface area contributed by atoms with Crippen molar-refractivity contribution in [3.8, 4) is 5.75 Å². The summed E-state index contributed by atoms with van der Waals surface area (Å²) in [5.74, 6) is 0.881. The zero-order valence-electron chi connectivity index (χ0n) is 12.5. The van der Waals surface area contributed by atoms with Crippen LogP contribution >= 0.6 is 0 Å². The summed E-state index contributed by atoms with van der Waals surface area (Å²) in [5.41, 5.74) is 3.36. The molecule has 0 radical (unpaired) electrons. The molecule has 0 heterocycles. The van der Waals surface area contributed by atoms with Gasteiger partial charge in [0.05, 0.1) is 7.11 Å². The van der Waals surface area contributed by atoms with Crippen molar-refractivity contribution < 1.29 is 9.16 Å². The maximum Gasteiger partial charge on any atom is 0.211 e. The third-order valence-electron chi connectivity index (χ3n) is 2.55. The van der Waals surface area contributed by atoms with Crippen LogP contribution in [0.25, 0.3) is 6.08 Å². The number of hydrogen-bond donors (Lipinski definition) is 0. The van der Waals surface area contributed by atoms with Gasteiger partial charge in [0.15, 0.2) is 0 Å². The molecule has 0 aliphatic rings. The fourth-order valence-electron chi connectivity index (χ4n) is 1.82. The lowest BCUT2D eigenvalue weighted by Gasteiger charge is -2.21. The normalized spacial score (nSPS) is 12.7. The number of allylic oxidation sites excluding steroid dienone is 2. The summed E-state index contributed by atoms with van der Waals surface area (Å²) in [6.45, 7) is 8.56. The molecule has 104 valence electrons. The van der Waals surface area contributed by atoms with Gasteiger partial charge >= 0.3 is 0 Å². The highest BCUT2D eigenvalue weighted by Crippen LogP contribution is 2.13. The second kappa shape index (κ2) is 7.31. The molecule has 0 unspecified atom stereocenters. The minimum atomic E-state index is -1.67. The Bertz CT molecular complexity index is 431. The molecule has 1 rings (SSSR count). The first-order chi connectivity index (χ1) is 8.93. The Kier molecular flexibility index (Phi) is 6.05. The monoisotopic (exact) mass is 276 g/mol. The van der Waals surface area contributed by atoms with Gasteiger partial charge in [-0.15, -0.1) is 0 Å². The molecular weight excluding hydrogens is 252 g/mol. The van der Waals surface area contributed by atoms with Gasteiger partial charge in [0.1, 0.15) is 5.75 Å². The van der Waals surface area contributed by atoms with E-state index in [0.717, 1.165) is 11.3 Å². The van der Waals surface area contributed by atoms with Crippen LogP contribution in [-0.2, 0) is 4.43 Å². The van der Waals surface area contributed by atoms with Gasteiger partial charge in [-0.3, -0.25) is 0 Å². The van der Waals surface area contributed by atoms with E-state index in [2.05, 4.69) is 50.9 Å². The molecule has 0 spiro atoms. The van der Waals surface area contributed by atoms with Crippen LogP contribution in [0.2, 0.25) is 13.1 Å². The van der Waals surface area contributed by atoms with Crippen molar-refractivity contribution in [2.24, 2.45) is 0 Å². The Hall–Kier alpha value is -1.32. The highest BCUT2D eigenvalue weighted by atomic mass is 28.4. The summed E-state index contributed by atoms with van der Waals surface area (Å²) >= 11 is 0. The molecule has 0 bridgehead atoms. The SMILES string of the molecule is COc1ccc(/C=C/C=C/[Si](C)(C)OC(C)C)cc1. The van der Waals surface area contributed by atoms with Gasteiger partial charge in [0, 0.05) is 6.10 Å². The summed E-state index contributed by atoms with van der Waals surface area (Å²) < 4.78 is 11.0. The molecular formula is C16H24O2Si. The number of hydrogen-bond acceptors (Lipinski definition) is 2. The van der Waals surface area contributed by atoms with Gasteiger partial charge in [-0.05, 0) is 44.6 Å². The Morgan fingerprint density at radius 3 is 2.21 bits per heavy atom. The first kappa shape index (κ1) is 15.7. The van der Waals surface area contributed by atoms with Gasteiger partial charge in [-0.1, -0.05) is 36.1 Å². The lowest BCUT2D eigenvalue weighted by molar-refractivity contribution is 0.238. The second-order valence-electron chi connectivity index (χ2n) is 5.26. The van der Waals surface area contributed by atoms with Gasteiger partial charge in [-0.2, -0.15) is 0 Å². The maximum absolute atomic E-state index is 5.92. The summed E-state index contributed by atoms with van der Waals surface area (Å²) in [7, 11) is 0.00450. The third-order valence-corrected chi connectivity index (χ3v) is 4.63. The van der Waals surface area contributed by atoms with Gasteiger partial charge in [0.25, 0.3) is 0 Å². The van der Waals surface area contributed by atoms with E-state index >= 15 is 0 Å². The number of ether oxygens (including phenoxy) is 1. The Balaban J connectivity index is 2.57. The number of benzene rings is 1. The van der Waals surface area contributed by atoms with Crippen molar-refractivity contribution in [3.05, 3.63) is 47.7 Å². The molecule has 3 heteroatoms. The fraction of sp³-hybridized carbons (Fsp3) is 0.375. The van der Waals surface area contributed by atoms with Gasteiger partial charge < -0.3 is 9.16 Å². The highest BCUT2D eigenvalue weighted by molar-refractivity contribution is 6.76. The van der Waals surface area contributed by atoms with E-state index in [1.54, 1.807) is 7.11 Å². The van der Waals surface area contributed by atoms with Crippen molar-refractivity contribution >= 4 is 14.4 Å². The summed E-state index contributed by atoms with van der Waals surface area (Å²) in [4.78, 5) is 0. The Labute approximate surface area is 117 Å². The minimum absolute atomic E-state index is 0.289. The molecule has 0 fully saturated rings.